The van der Waals surface area contributed by atoms with E-state index in [0.29, 0.717) is 38.2 Å². The third-order valence-electron chi connectivity index (χ3n) is 7.51. The molecular formula is C32H47NO6S. The van der Waals surface area contributed by atoms with Crippen LogP contribution in [0, 0.1) is 0 Å². The normalized spacial score (nSPS) is 18.3. The lowest BCUT2D eigenvalue weighted by atomic mass is 10.0. The number of fused-ring (bicyclic) bond motifs is 1. The van der Waals surface area contributed by atoms with Crippen LogP contribution in [0.2, 0.25) is 0 Å². The second-order valence-corrected chi connectivity index (χ2v) is 13.0. The Balaban J connectivity index is 0.969. The fourth-order valence-corrected chi connectivity index (χ4v) is 6.82. The first kappa shape index (κ1) is 31.3. The van der Waals surface area contributed by atoms with E-state index in [4.69, 9.17) is 18.9 Å². The molecule has 1 aliphatic carbocycles. The quantitative estimate of drug-likeness (QED) is 0.183. The molecule has 4 rings (SSSR count). The maximum absolute atomic E-state index is 12.7. The standard InChI is InChI=1S/C32H47NO6S/c1-32(2)38-24-27-21-26(14-15-31(27)39-32)30(34)22-33-16-7-3-4-8-17-36-18-19-37-23-25-10-9-13-29(20-25)40(35)28-11-5-6-12-28/h9-10,13-15,20-21,28,30,33-34H,3-8,11-12,16-19,22-24H2,1-2H3/t30-,40?/m0/s1. The lowest BCUT2D eigenvalue weighted by molar-refractivity contribution is -0.180. The Labute approximate surface area is 243 Å². The monoisotopic (exact) mass is 573 g/mol. The largest absolute Gasteiger partial charge is 0.611 e. The van der Waals surface area contributed by atoms with E-state index in [9.17, 15) is 9.66 Å². The van der Waals surface area contributed by atoms with Crippen LogP contribution in [0.3, 0.4) is 0 Å². The summed E-state index contributed by atoms with van der Waals surface area (Å²) >= 11 is -0.902. The molecule has 0 spiro atoms. The molecule has 7 nitrogen and oxygen atoms in total. The first-order chi connectivity index (χ1) is 19.4. The van der Waals surface area contributed by atoms with Gasteiger partial charge in [-0.3, -0.25) is 0 Å². The van der Waals surface area contributed by atoms with E-state index in [0.717, 1.165) is 79.0 Å². The van der Waals surface area contributed by atoms with Crippen LogP contribution >= 0.6 is 0 Å². The van der Waals surface area contributed by atoms with Gasteiger partial charge in [-0.2, -0.15) is 0 Å². The SMILES string of the molecule is CC1(C)OCc2cc([C@@H](O)CNCCCCCCOCCOCc3cccc([S+]([O-])C4CCCC4)c3)ccc2O1. The van der Waals surface area contributed by atoms with Crippen molar-refractivity contribution in [1.82, 2.24) is 5.32 Å². The van der Waals surface area contributed by atoms with Crippen molar-refractivity contribution in [2.75, 3.05) is 32.9 Å². The Bertz CT molecular complexity index is 1030. The Kier molecular flexibility index (Phi) is 12.6. The highest BCUT2D eigenvalue weighted by Gasteiger charge is 2.29. The summed E-state index contributed by atoms with van der Waals surface area (Å²) in [6.07, 6.45) is 8.36. The van der Waals surface area contributed by atoms with E-state index in [-0.39, 0.29) is 0 Å². The van der Waals surface area contributed by atoms with Crippen molar-refractivity contribution in [3.63, 3.8) is 0 Å². The molecule has 2 aliphatic rings. The zero-order valence-corrected chi connectivity index (χ0v) is 25.0. The van der Waals surface area contributed by atoms with Crippen LogP contribution in [0.5, 0.6) is 5.75 Å². The number of unbranched alkanes of at least 4 members (excludes halogenated alkanes) is 3. The molecule has 2 N–H and O–H groups in total. The highest BCUT2D eigenvalue weighted by Crippen LogP contribution is 2.33. The van der Waals surface area contributed by atoms with Crippen LogP contribution in [0.25, 0.3) is 0 Å². The molecule has 2 aromatic rings. The van der Waals surface area contributed by atoms with Crippen LogP contribution in [0.1, 0.15) is 88.0 Å². The van der Waals surface area contributed by atoms with Gasteiger partial charge in [0.1, 0.15) is 11.0 Å². The van der Waals surface area contributed by atoms with E-state index >= 15 is 0 Å². The summed E-state index contributed by atoms with van der Waals surface area (Å²) in [5, 5.41) is 14.2. The van der Waals surface area contributed by atoms with Crippen LogP contribution < -0.4 is 10.1 Å². The van der Waals surface area contributed by atoms with Crippen LogP contribution in [0.15, 0.2) is 47.4 Å². The predicted octanol–water partition coefficient (Wildman–Crippen LogP) is 5.80. The average molecular weight is 574 g/mol. The maximum Gasteiger partial charge on any atom is 0.205 e. The van der Waals surface area contributed by atoms with Gasteiger partial charge in [-0.05, 0) is 91.6 Å². The van der Waals surface area contributed by atoms with E-state index in [1.165, 1.54) is 12.8 Å². The van der Waals surface area contributed by atoms with Crippen molar-refractivity contribution < 1.29 is 28.6 Å². The summed E-state index contributed by atoms with van der Waals surface area (Å²) in [6.45, 7) is 8.11. The number of nitrogens with one attached hydrogen (secondary N) is 1. The van der Waals surface area contributed by atoms with Crippen molar-refractivity contribution in [3.8, 4) is 5.75 Å². The Morgan fingerprint density at radius 1 is 1.02 bits per heavy atom. The molecule has 1 heterocycles. The van der Waals surface area contributed by atoms with Crippen molar-refractivity contribution in [1.29, 1.82) is 0 Å². The smallest absolute Gasteiger partial charge is 0.205 e. The molecule has 0 radical (unpaired) electrons. The molecule has 2 atom stereocenters. The lowest BCUT2D eigenvalue weighted by Crippen LogP contribution is -2.35. The molecule has 0 aromatic heterocycles. The number of ether oxygens (including phenoxy) is 4. The topological polar surface area (TPSA) is 92.2 Å². The Hall–Kier alpha value is -1.65. The van der Waals surface area contributed by atoms with Gasteiger partial charge in [0.2, 0.25) is 5.79 Å². The zero-order valence-electron chi connectivity index (χ0n) is 24.2. The van der Waals surface area contributed by atoms with Crippen molar-refractivity contribution in [2.45, 2.75) is 100 Å². The minimum Gasteiger partial charge on any atom is -0.611 e. The highest BCUT2D eigenvalue weighted by molar-refractivity contribution is 7.92. The van der Waals surface area contributed by atoms with E-state index in [2.05, 4.69) is 5.32 Å². The first-order valence-corrected chi connectivity index (χ1v) is 16.1. The molecule has 0 saturated heterocycles. The molecule has 1 fully saturated rings. The van der Waals surface area contributed by atoms with Gasteiger partial charge in [-0.15, -0.1) is 0 Å². The Morgan fingerprint density at radius 2 is 1.82 bits per heavy atom. The lowest BCUT2D eigenvalue weighted by Gasteiger charge is -2.33. The fourth-order valence-electron chi connectivity index (χ4n) is 5.19. The van der Waals surface area contributed by atoms with Crippen molar-refractivity contribution >= 4 is 11.2 Å². The molecule has 0 bridgehead atoms. The van der Waals surface area contributed by atoms with Crippen LogP contribution in [-0.4, -0.2) is 53.6 Å². The molecule has 2 aromatic carbocycles. The summed E-state index contributed by atoms with van der Waals surface area (Å²) in [7, 11) is 0. The summed E-state index contributed by atoms with van der Waals surface area (Å²) in [5.41, 5.74) is 2.92. The molecule has 222 valence electrons. The third kappa shape index (κ3) is 10.0. The Morgan fingerprint density at radius 3 is 2.67 bits per heavy atom. The van der Waals surface area contributed by atoms with E-state index in [1.807, 2.05) is 56.3 Å². The predicted molar refractivity (Wildman–Crippen MR) is 158 cm³/mol. The van der Waals surface area contributed by atoms with Gasteiger partial charge in [0.25, 0.3) is 0 Å². The summed E-state index contributed by atoms with van der Waals surface area (Å²) in [4.78, 5) is 0.931. The van der Waals surface area contributed by atoms with Gasteiger partial charge in [0.05, 0.1) is 32.5 Å². The molecule has 1 saturated carbocycles. The van der Waals surface area contributed by atoms with Gasteiger partial charge in [0, 0.05) is 32.6 Å². The van der Waals surface area contributed by atoms with Crippen molar-refractivity contribution in [2.24, 2.45) is 0 Å². The van der Waals surface area contributed by atoms with Gasteiger partial charge >= 0.3 is 0 Å². The average Bonchev–Trinajstić information content (AvgIpc) is 3.49. The van der Waals surface area contributed by atoms with Crippen LogP contribution in [0.4, 0.5) is 0 Å². The number of aliphatic hydroxyl groups is 1. The van der Waals surface area contributed by atoms with Crippen molar-refractivity contribution in [3.05, 3.63) is 59.2 Å². The second kappa shape index (κ2) is 16.1. The van der Waals surface area contributed by atoms with E-state index < -0.39 is 23.1 Å². The van der Waals surface area contributed by atoms with E-state index in [1.54, 1.807) is 0 Å². The van der Waals surface area contributed by atoms with Crippen LogP contribution in [-0.2, 0) is 38.6 Å². The fraction of sp³-hybridized carbons (Fsp3) is 0.625. The second-order valence-electron chi connectivity index (χ2n) is 11.3. The number of rotatable bonds is 17. The molecule has 40 heavy (non-hydrogen) atoms. The highest BCUT2D eigenvalue weighted by atomic mass is 32.2. The molecule has 8 heteroatoms. The van der Waals surface area contributed by atoms with Gasteiger partial charge in [0.15, 0.2) is 4.90 Å². The zero-order chi connectivity index (χ0) is 28.2. The summed E-state index contributed by atoms with van der Waals surface area (Å²) in [5.74, 6) is 0.216. The molecule has 0 amide bonds. The number of aliphatic hydroxyl groups excluding tert-OH is 1. The number of hydrogen-bond acceptors (Lipinski definition) is 7. The first-order valence-electron chi connectivity index (χ1n) is 14.9. The minimum atomic E-state index is -0.902. The minimum absolute atomic E-state index is 0.319. The third-order valence-corrected chi connectivity index (χ3v) is 9.30. The van der Waals surface area contributed by atoms with Gasteiger partial charge in [-0.25, -0.2) is 0 Å². The molecular weight excluding hydrogens is 526 g/mol. The number of benzene rings is 2. The molecule has 1 aliphatic heterocycles. The molecule has 1 unspecified atom stereocenters. The maximum atomic E-state index is 12.7. The van der Waals surface area contributed by atoms with Gasteiger partial charge in [-0.1, -0.05) is 31.0 Å². The summed E-state index contributed by atoms with van der Waals surface area (Å²) < 4.78 is 35.8. The number of hydrogen-bond donors (Lipinski definition) is 2. The summed E-state index contributed by atoms with van der Waals surface area (Å²) in [6, 6.07) is 13.8. The van der Waals surface area contributed by atoms with Gasteiger partial charge < -0.3 is 33.9 Å².